The fourth-order valence-electron chi connectivity index (χ4n) is 4.77. The van der Waals surface area contributed by atoms with Crippen LogP contribution in [0.3, 0.4) is 0 Å². The molecule has 1 aliphatic rings. The van der Waals surface area contributed by atoms with Crippen LogP contribution in [0.5, 0.6) is 11.5 Å². The summed E-state index contributed by atoms with van der Waals surface area (Å²) in [7, 11) is -2.67. The Morgan fingerprint density at radius 1 is 1.00 bits per heavy atom. The monoisotopic (exact) mass is 592 g/mol. The fourth-order valence-corrected chi connectivity index (χ4v) is 5.83. The molecular weight excluding hydrogens is 556 g/mol. The summed E-state index contributed by atoms with van der Waals surface area (Å²) in [5, 5.41) is 15.9. The molecule has 1 unspecified atom stereocenters. The largest absolute Gasteiger partial charge is 0.508 e. The summed E-state index contributed by atoms with van der Waals surface area (Å²) in [4.78, 5) is 23.9. The van der Waals surface area contributed by atoms with E-state index in [0.29, 0.717) is 34.2 Å². The number of methoxy groups -OCH3 is 1. The van der Waals surface area contributed by atoms with Crippen molar-refractivity contribution in [1.29, 1.82) is 0 Å². The van der Waals surface area contributed by atoms with Crippen LogP contribution in [0.2, 0.25) is 0 Å². The highest BCUT2D eigenvalue weighted by molar-refractivity contribution is 7.92. The van der Waals surface area contributed by atoms with E-state index >= 15 is 0 Å². The highest BCUT2D eigenvalue weighted by Gasteiger charge is 2.22. The van der Waals surface area contributed by atoms with Gasteiger partial charge in [0.15, 0.2) is 11.6 Å². The first-order valence-electron chi connectivity index (χ1n) is 13.3. The van der Waals surface area contributed by atoms with Crippen molar-refractivity contribution in [2.75, 3.05) is 35.6 Å². The molecule has 42 heavy (non-hydrogen) atoms. The number of carbonyl (C=O) groups excluding carboxylic acids is 1. The Labute approximate surface area is 246 Å². The van der Waals surface area contributed by atoms with E-state index in [2.05, 4.69) is 37.1 Å². The molecule has 0 radical (unpaired) electrons. The Morgan fingerprint density at radius 3 is 2.45 bits per heavy atom. The molecule has 0 spiro atoms. The van der Waals surface area contributed by atoms with Crippen LogP contribution in [0, 0.1) is 0 Å². The smallest absolute Gasteiger partial charge is 0.263 e. The molecule has 0 bridgehead atoms. The van der Waals surface area contributed by atoms with Crippen molar-refractivity contribution in [3.63, 3.8) is 0 Å². The Kier molecular flexibility index (Phi) is 9.48. The Balaban J connectivity index is 0.00000405. The molecule has 1 fully saturated rings. The number of para-hydroxylation sites is 2. The molecule has 1 atom stereocenters. The minimum atomic E-state index is -4.14. The van der Waals surface area contributed by atoms with Crippen molar-refractivity contribution in [2.24, 2.45) is 0 Å². The first-order valence-corrected chi connectivity index (χ1v) is 14.8. The van der Waals surface area contributed by atoms with Gasteiger partial charge in [0, 0.05) is 35.6 Å². The second-order valence-electron chi connectivity index (χ2n) is 9.95. The lowest BCUT2D eigenvalue weighted by atomic mass is 10.0. The summed E-state index contributed by atoms with van der Waals surface area (Å²) in [6, 6.07) is 18.0. The standard InChI is InChI=1S/C29H32N6O5S.CH4/c1-19-8-5-6-13-35(19)18-27(37)30-20-9-7-10-24(16-20)41(38,39)34-29-28(32-25-11-3-4-12-26(25)33-29)31-21-14-22(36)17-23(15-21)40-2;/h3-4,7,9-12,14-17,19,36H,5-6,8,13,18H2,1-2H3,(H,30,37)(H,31,32)(H,33,34);1H4. The number of hydrogen-bond donors (Lipinski definition) is 4. The number of phenols is 1. The maximum Gasteiger partial charge on any atom is 0.263 e. The second-order valence-corrected chi connectivity index (χ2v) is 11.6. The van der Waals surface area contributed by atoms with Gasteiger partial charge in [0.1, 0.15) is 11.5 Å². The van der Waals surface area contributed by atoms with Gasteiger partial charge < -0.3 is 20.5 Å². The summed E-state index contributed by atoms with van der Waals surface area (Å²) >= 11 is 0. The molecule has 5 rings (SSSR count). The average molecular weight is 593 g/mol. The van der Waals surface area contributed by atoms with Crippen LogP contribution >= 0.6 is 0 Å². The molecule has 0 saturated carbocycles. The van der Waals surface area contributed by atoms with Crippen LogP contribution in [0.4, 0.5) is 23.0 Å². The number of likely N-dealkylation sites (tertiary alicyclic amines) is 1. The zero-order chi connectivity index (χ0) is 29.0. The van der Waals surface area contributed by atoms with Crippen molar-refractivity contribution >= 4 is 50.0 Å². The SMILES string of the molecule is C.COc1cc(O)cc(Nc2nc3ccccc3nc2NS(=O)(=O)c2cccc(NC(=O)CN3CCCCC3C)c2)c1. The molecule has 0 aliphatic carbocycles. The molecule has 12 heteroatoms. The van der Waals surface area contributed by atoms with Crippen LogP contribution in [0.1, 0.15) is 33.6 Å². The zero-order valence-corrected chi connectivity index (χ0v) is 23.6. The van der Waals surface area contributed by atoms with E-state index in [1.807, 2.05) is 0 Å². The number of fused-ring (bicyclic) bond motifs is 1. The van der Waals surface area contributed by atoms with Gasteiger partial charge in [-0.05, 0) is 56.6 Å². The molecule has 3 aromatic carbocycles. The summed E-state index contributed by atoms with van der Waals surface area (Å²) in [6.07, 6.45) is 3.28. The van der Waals surface area contributed by atoms with E-state index in [1.165, 1.54) is 31.4 Å². The highest BCUT2D eigenvalue weighted by atomic mass is 32.2. The number of benzene rings is 3. The number of carbonyl (C=O) groups is 1. The molecule has 1 saturated heterocycles. The summed E-state index contributed by atoms with van der Waals surface area (Å²) in [6.45, 7) is 3.23. The van der Waals surface area contributed by atoms with Crippen LogP contribution in [-0.4, -0.2) is 60.5 Å². The van der Waals surface area contributed by atoms with Gasteiger partial charge >= 0.3 is 0 Å². The second kappa shape index (κ2) is 13.0. The number of aromatic nitrogens is 2. The average Bonchev–Trinajstić information content (AvgIpc) is 2.94. The molecule has 4 aromatic rings. The van der Waals surface area contributed by atoms with Crippen molar-refractivity contribution in [1.82, 2.24) is 14.9 Å². The summed E-state index contributed by atoms with van der Waals surface area (Å²) < 4.78 is 34.8. The number of phenolic OH excluding ortho intramolecular Hbond substituents is 1. The lowest BCUT2D eigenvalue weighted by Gasteiger charge is -2.32. The van der Waals surface area contributed by atoms with Gasteiger partial charge in [-0.15, -0.1) is 0 Å². The lowest BCUT2D eigenvalue weighted by molar-refractivity contribution is -0.118. The molecular formula is C30H36N6O5S. The van der Waals surface area contributed by atoms with Gasteiger partial charge in [-0.25, -0.2) is 18.4 Å². The fraction of sp³-hybridized carbons (Fsp3) is 0.300. The van der Waals surface area contributed by atoms with Crippen molar-refractivity contribution in [3.05, 3.63) is 66.7 Å². The topological polar surface area (TPSA) is 146 Å². The predicted octanol–water partition coefficient (Wildman–Crippen LogP) is 5.34. The van der Waals surface area contributed by atoms with Crippen LogP contribution in [0.25, 0.3) is 11.0 Å². The molecule has 1 aliphatic heterocycles. The Bertz CT molecular complexity index is 1680. The summed E-state index contributed by atoms with van der Waals surface area (Å²) in [5.74, 6) is 0.238. The Morgan fingerprint density at radius 2 is 1.74 bits per heavy atom. The molecule has 11 nitrogen and oxygen atoms in total. The lowest BCUT2D eigenvalue weighted by Crippen LogP contribution is -2.42. The van der Waals surface area contributed by atoms with Crippen LogP contribution < -0.4 is 20.1 Å². The number of rotatable bonds is 9. The number of aromatic hydroxyl groups is 1. The number of anilines is 4. The van der Waals surface area contributed by atoms with Crippen molar-refractivity contribution in [2.45, 2.75) is 44.6 Å². The number of nitrogens with zero attached hydrogens (tertiary/aromatic N) is 3. The summed E-state index contributed by atoms with van der Waals surface area (Å²) in [5.41, 5.74) is 1.81. The number of amides is 1. The van der Waals surface area contributed by atoms with Crippen LogP contribution in [0.15, 0.2) is 71.6 Å². The molecule has 1 aromatic heterocycles. The van der Waals surface area contributed by atoms with Gasteiger partial charge in [-0.1, -0.05) is 32.0 Å². The molecule has 1 amide bonds. The first kappa shape index (κ1) is 30.5. The Hall–Kier alpha value is -4.42. The van der Waals surface area contributed by atoms with Crippen molar-refractivity contribution in [3.8, 4) is 11.5 Å². The quantitative estimate of drug-likeness (QED) is 0.202. The van der Waals surface area contributed by atoms with E-state index in [-0.39, 0.29) is 42.2 Å². The molecule has 2 heterocycles. The number of piperidine rings is 1. The third kappa shape index (κ3) is 7.25. The normalized spacial score (nSPS) is 15.4. The van der Waals surface area contributed by atoms with Gasteiger partial charge in [0.25, 0.3) is 10.0 Å². The highest BCUT2D eigenvalue weighted by Crippen LogP contribution is 2.31. The van der Waals surface area contributed by atoms with E-state index in [1.54, 1.807) is 42.5 Å². The molecule has 222 valence electrons. The number of hydrogen-bond acceptors (Lipinski definition) is 9. The zero-order valence-electron chi connectivity index (χ0n) is 22.8. The predicted molar refractivity (Wildman–Crippen MR) is 165 cm³/mol. The van der Waals surface area contributed by atoms with Crippen LogP contribution in [-0.2, 0) is 14.8 Å². The number of sulfonamides is 1. The van der Waals surface area contributed by atoms with Gasteiger partial charge in [0.05, 0.1) is 29.6 Å². The molecule has 4 N–H and O–H groups in total. The van der Waals surface area contributed by atoms with E-state index in [4.69, 9.17) is 4.74 Å². The first-order chi connectivity index (χ1) is 19.7. The maximum atomic E-state index is 13.5. The third-order valence-corrected chi connectivity index (χ3v) is 8.24. The minimum Gasteiger partial charge on any atom is -0.508 e. The number of ether oxygens (including phenoxy) is 1. The van der Waals surface area contributed by atoms with Gasteiger partial charge in [-0.2, -0.15) is 0 Å². The van der Waals surface area contributed by atoms with E-state index in [9.17, 15) is 18.3 Å². The van der Waals surface area contributed by atoms with Gasteiger partial charge in [0.2, 0.25) is 5.91 Å². The minimum absolute atomic E-state index is 0. The van der Waals surface area contributed by atoms with E-state index in [0.717, 1.165) is 25.8 Å². The van der Waals surface area contributed by atoms with Gasteiger partial charge in [-0.3, -0.25) is 14.4 Å². The maximum absolute atomic E-state index is 13.5. The van der Waals surface area contributed by atoms with Crippen molar-refractivity contribution < 1.29 is 23.1 Å². The van der Waals surface area contributed by atoms with E-state index < -0.39 is 10.0 Å². The number of nitrogens with one attached hydrogen (secondary N) is 3. The third-order valence-electron chi connectivity index (χ3n) is 6.91.